The Balaban J connectivity index is 2.55. The molecule has 1 aromatic carbocycles. The van der Waals surface area contributed by atoms with Crippen molar-refractivity contribution in [2.45, 2.75) is 31.3 Å². The predicted molar refractivity (Wildman–Crippen MR) is 74.6 cm³/mol. The zero-order chi connectivity index (χ0) is 15.8. The fraction of sp³-hybridized carbons (Fsp3) is 0.357. The number of hydrogen-bond acceptors (Lipinski definition) is 4. The third-order valence-corrected chi connectivity index (χ3v) is 2.91. The number of carboxylic acids is 2. The van der Waals surface area contributed by atoms with Crippen molar-refractivity contribution in [3.8, 4) is 0 Å². The standard InChI is InChI=1S/C14H18N2O5/c15-10(8-12(17)18)13(19)16-11(14(20)21)7-6-9-4-2-1-3-5-9/h1-5,10-11H,6-8,15H2,(H,16,19)(H,17,18)(H,20,21)/t10?,11-/m0/s1. The van der Waals surface area contributed by atoms with Gasteiger partial charge in [-0.15, -0.1) is 0 Å². The fourth-order valence-electron chi connectivity index (χ4n) is 1.77. The van der Waals surface area contributed by atoms with Crippen molar-refractivity contribution >= 4 is 17.8 Å². The molecule has 114 valence electrons. The van der Waals surface area contributed by atoms with Crippen molar-refractivity contribution in [3.63, 3.8) is 0 Å². The topological polar surface area (TPSA) is 130 Å². The van der Waals surface area contributed by atoms with Crippen LogP contribution in [-0.4, -0.2) is 40.1 Å². The molecule has 0 spiro atoms. The quantitative estimate of drug-likeness (QED) is 0.533. The van der Waals surface area contributed by atoms with Crippen LogP contribution in [0.3, 0.4) is 0 Å². The van der Waals surface area contributed by atoms with E-state index in [1.54, 1.807) is 0 Å². The first-order chi connectivity index (χ1) is 9.90. The van der Waals surface area contributed by atoms with E-state index in [0.717, 1.165) is 5.56 Å². The molecule has 0 fully saturated rings. The van der Waals surface area contributed by atoms with E-state index in [1.807, 2.05) is 30.3 Å². The fourth-order valence-corrected chi connectivity index (χ4v) is 1.77. The normalized spacial score (nSPS) is 13.2. The number of hydrogen-bond donors (Lipinski definition) is 4. The lowest BCUT2D eigenvalue weighted by Crippen LogP contribution is -2.49. The van der Waals surface area contributed by atoms with Gasteiger partial charge in [-0.25, -0.2) is 4.79 Å². The van der Waals surface area contributed by atoms with E-state index in [0.29, 0.717) is 6.42 Å². The van der Waals surface area contributed by atoms with Gasteiger partial charge in [0.2, 0.25) is 5.91 Å². The predicted octanol–water partition coefficient (Wildman–Crippen LogP) is -0.00940. The van der Waals surface area contributed by atoms with Crippen molar-refractivity contribution in [3.05, 3.63) is 35.9 Å². The molecule has 1 unspecified atom stereocenters. The van der Waals surface area contributed by atoms with E-state index in [2.05, 4.69) is 5.32 Å². The van der Waals surface area contributed by atoms with Crippen molar-refractivity contribution < 1.29 is 24.6 Å². The number of aryl methyl sites for hydroxylation is 1. The number of nitrogens with two attached hydrogens (primary N) is 1. The van der Waals surface area contributed by atoms with E-state index in [-0.39, 0.29) is 6.42 Å². The minimum absolute atomic E-state index is 0.199. The molecule has 0 aliphatic carbocycles. The van der Waals surface area contributed by atoms with Crippen LogP contribution in [0.4, 0.5) is 0 Å². The molecule has 0 heterocycles. The minimum atomic E-state index is -1.26. The molecule has 7 nitrogen and oxygen atoms in total. The molecule has 1 amide bonds. The van der Waals surface area contributed by atoms with Crippen LogP contribution in [0.5, 0.6) is 0 Å². The summed E-state index contributed by atoms with van der Waals surface area (Å²) in [5.74, 6) is -3.17. The lowest BCUT2D eigenvalue weighted by molar-refractivity contribution is -0.142. The third-order valence-electron chi connectivity index (χ3n) is 2.91. The number of nitrogens with one attached hydrogen (secondary N) is 1. The van der Waals surface area contributed by atoms with Gasteiger partial charge in [0.05, 0.1) is 12.5 Å². The highest BCUT2D eigenvalue weighted by molar-refractivity contribution is 5.89. The van der Waals surface area contributed by atoms with Gasteiger partial charge in [0.1, 0.15) is 6.04 Å². The van der Waals surface area contributed by atoms with Crippen LogP contribution >= 0.6 is 0 Å². The van der Waals surface area contributed by atoms with Gasteiger partial charge in [-0.05, 0) is 18.4 Å². The molecule has 2 atom stereocenters. The molecule has 0 aliphatic heterocycles. The highest BCUT2D eigenvalue weighted by Gasteiger charge is 2.24. The van der Waals surface area contributed by atoms with Gasteiger partial charge in [0.25, 0.3) is 0 Å². The highest BCUT2D eigenvalue weighted by atomic mass is 16.4. The third kappa shape index (κ3) is 6.05. The molecule has 5 N–H and O–H groups in total. The number of benzene rings is 1. The maximum Gasteiger partial charge on any atom is 0.326 e. The Bertz CT molecular complexity index is 503. The summed E-state index contributed by atoms with van der Waals surface area (Å²) in [6.45, 7) is 0. The number of aliphatic carboxylic acids is 2. The number of rotatable bonds is 8. The van der Waals surface area contributed by atoms with Gasteiger partial charge in [0.15, 0.2) is 0 Å². The summed E-state index contributed by atoms with van der Waals surface area (Å²) in [6.07, 6.45) is 0.133. The molecule has 0 saturated carbocycles. The Labute approximate surface area is 121 Å². The summed E-state index contributed by atoms with van der Waals surface area (Å²) in [5.41, 5.74) is 6.34. The largest absolute Gasteiger partial charge is 0.481 e. The molecule has 0 aromatic heterocycles. The van der Waals surface area contributed by atoms with Gasteiger partial charge < -0.3 is 21.3 Å². The molecule has 0 aliphatic rings. The van der Waals surface area contributed by atoms with Crippen LogP contribution in [0.25, 0.3) is 0 Å². The van der Waals surface area contributed by atoms with Crippen LogP contribution < -0.4 is 11.1 Å². The number of carbonyl (C=O) groups is 3. The molecule has 7 heteroatoms. The van der Waals surface area contributed by atoms with Crippen LogP contribution in [0.15, 0.2) is 30.3 Å². The molecule has 0 bridgehead atoms. The highest BCUT2D eigenvalue weighted by Crippen LogP contribution is 2.06. The number of carboxylic acid groups (broad SMARTS) is 2. The second kappa shape index (κ2) is 8.01. The smallest absolute Gasteiger partial charge is 0.326 e. The summed E-state index contributed by atoms with van der Waals surface area (Å²) in [6, 6.07) is 6.89. The molecular formula is C14H18N2O5. The zero-order valence-electron chi connectivity index (χ0n) is 11.4. The first-order valence-electron chi connectivity index (χ1n) is 6.44. The maximum absolute atomic E-state index is 11.6. The summed E-state index contributed by atoms with van der Waals surface area (Å²) in [5, 5.41) is 19.9. The Hall–Kier alpha value is -2.41. The van der Waals surface area contributed by atoms with Gasteiger partial charge in [0, 0.05) is 0 Å². The summed E-state index contributed by atoms with van der Waals surface area (Å²) in [7, 11) is 0. The Morgan fingerprint density at radius 1 is 1.14 bits per heavy atom. The number of amides is 1. The second-order valence-corrected chi connectivity index (χ2v) is 4.63. The van der Waals surface area contributed by atoms with Crippen molar-refractivity contribution in [2.75, 3.05) is 0 Å². The van der Waals surface area contributed by atoms with E-state index >= 15 is 0 Å². The van der Waals surface area contributed by atoms with Crippen LogP contribution in [0, 0.1) is 0 Å². The van der Waals surface area contributed by atoms with Crippen LogP contribution in [0.1, 0.15) is 18.4 Å². The van der Waals surface area contributed by atoms with Crippen LogP contribution in [-0.2, 0) is 20.8 Å². The zero-order valence-corrected chi connectivity index (χ0v) is 11.4. The van der Waals surface area contributed by atoms with E-state index in [1.165, 1.54) is 0 Å². The lowest BCUT2D eigenvalue weighted by atomic mass is 10.0. The molecule has 21 heavy (non-hydrogen) atoms. The first kappa shape index (κ1) is 16.6. The van der Waals surface area contributed by atoms with Gasteiger partial charge in [-0.3, -0.25) is 9.59 Å². The molecule has 1 aromatic rings. The summed E-state index contributed by atoms with van der Waals surface area (Å²) < 4.78 is 0. The van der Waals surface area contributed by atoms with E-state index in [4.69, 9.17) is 15.9 Å². The van der Waals surface area contributed by atoms with E-state index < -0.39 is 36.4 Å². The molecule has 0 saturated heterocycles. The SMILES string of the molecule is NC(CC(=O)O)C(=O)N[C@@H](CCc1ccccc1)C(=O)O. The van der Waals surface area contributed by atoms with Crippen molar-refractivity contribution in [1.82, 2.24) is 5.32 Å². The first-order valence-corrected chi connectivity index (χ1v) is 6.44. The maximum atomic E-state index is 11.6. The van der Waals surface area contributed by atoms with Gasteiger partial charge >= 0.3 is 11.9 Å². The summed E-state index contributed by atoms with van der Waals surface area (Å²) in [4.78, 5) is 33.2. The lowest BCUT2D eigenvalue weighted by Gasteiger charge is -2.17. The Morgan fingerprint density at radius 2 is 1.76 bits per heavy atom. The molecule has 0 radical (unpaired) electrons. The molecule has 1 rings (SSSR count). The number of carbonyl (C=O) groups excluding carboxylic acids is 1. The van der Waals surface area contributed by atoms with Crippen molar-refractivity contribution in [2.24, 2.45) is 5.73 Å². The average molecular weight is 294 g/mol. The van der Waals surface area contributed by atoms with Gasteiger partial charge in [-0.1, -0.05) is 30.3 Å². The Kier molecular flexibility index (Phi) is 6.35. The van der Waals surface area contributed by atoms with Crippen LogP contribution in [0.2, 0.25) is 0 Å². The minimum Gasteiger partial charge on any atom is -0.481 e. The average Bonchev–Trinajstić information content (AvgIpc) is 2.43. The Morgan fingerprint density at radius 3 is 2.29 bits per heavy atom. The van der Waals surface area contributed by atoms with Gasteiger partial charge in [-0.2, -0.15) is 0 Å². The van der Waals surface area contributed by atoms with Crippen molar-refractivity contribution in [1.29, 1.82) is 0 Å². The van der Waals surface area contributed by atoms with E-state index in [9.17, 15) is 14.4 Å². The second-order valence-electron chi connectivity index (χ2n) is 4.63. The monoisotopic (exact) mass is 294 g/mol. The summed E-state index contributed by atoms with van der Waals surface area (Å²) >= 11 is 0. The molecular weight excluding hydrogens is 276 g/mol.